The van der Waals surface area contributed by atoms with Crippen LogP contribution in [0.25, 0.3) is 0 Å². The molecule has 0 spiro atoms. The monoisotopic (exact) mass is 342 g/mol. The van der Waals surface area contributed by atoms with Gasteiger partial charge in [-0.2, -0.15) is 0 Å². The summed E-state index contributed by atoms with van der Waals surface area (Å²) in [6, 6.07) is 17.4. The van der Waals surface area contributed by atoms with Crippen LogP contribution < -0.4 is 5.32 Å². The highest BCUT2D eigenvalue weighted by Crippen LogP contribution is 2.48. The summed E-state index contributed by atoms with van der Waals surface area (Å²) in [5, 5.41) is 2.90. The maximum Gasteiger partial charge on any atom is 0.321 e. The van der Waals surface area contributed by atoms with Gasteiger partial charge in [-0.05, 0) is 42.7 Å². The summed E-state index contributed by atoms with van der Waals surface area (Å²) in [4.78, 5) is 14.9. The summed E-state index contributed by atoms with van der Waals surface area (Å²) in [5.41, 5.74) is 2.13. The number of nitrogens with one attached hydrogen (secondary N) is 1. The van der Waals surface area contributed by atoms with Gasteiger partial charge in [-0.3, -0.25) is 4.21 Å². The number of hydrogen-bond donors (Lipinski definition) is 1. The average Bonchev–Trinajstić information content (AvgIpc) is 3.37. The Kier molecular flexibility index (Phi) is 4.71. The molecule has 0 aromatic heterocycles. The molecule has 1 N–H and O–H groups in total. The quantitative estimate of drug-likeness (QED) is 0.902. The predicted octanol–water partition coefficient (Wildman–Crippen LogP) is 3.62. The van der Waals surface area contributed by atoms with Crippen LogP contribution in [0, 0.1) is 0 Å². The van der Waals surface area contributed by atoms with Gasteiger partial charge in [-0.25, -0.2) is 4.79 Å². The summed E-state index contributed by atoms with van der Waals surface area (Å²) in [7, 11) is 0.819. The van der Waals surface area contributed by atoms with E-state index in [0.29, 0.717) is 12.2 Å². The topological polar surface area (TPSA) is 49.4 Å². The third-order valence-electron chi connectivity index (χ3n) is 4.56. The van der Waals surface area contributed by atoms with E-state index in [2.05, 4.69) is 29.6 Å². The Morgan fingerprint density at radius 2 is 1.75 bits per heavy atom. The van der Waals surface area contributed by atoms with E-state index in [9.17, 15) is 9.00 Å². The minimum Gasteiger partial charge on any atom is -0.327 e. The summed E-state index contributed by atoms with van der Waals surface area (Å²) in [5.74, 6) is 0. The molecule has 5 heteroatoms. The van der Waals surface area contributed by atoms with E-state index in [4.69, 9.17) is 0 Å². The number of carbonyl (C=O) groups is 1. The number of likely N-dealkylation sites (N-methyl/N-ethyl adjacent to an activating group) is 1. The van der Waals surface area contributed by atoms with Crippen molar-refractivity contribution >= 4 is 22.5 Å². The van der Waals surface area contributed by atoms with Gasteiger partial charge in [0.1, 0.15) is 0 Å². The third-order valence-corrected chi connectivity index (χ3v) is 5.50. The van der Waals surface area contributed by atoms with E-state index in [1.165, 1.54) is 5.56 Å². The number of carbonyl (C=O) groups excluding carboxylic acids is 1. The summed E-state index contributed by atoms with van der Waals surface area (Å²) < 4.78 is 11.4. The highest BCUT2D eigenvalue weighted by atomic mass is 32.2. The molecule has 0 saturated heterocycles. The van der Waals surface area contributed by atoms with E-state index in [1.807, 2.05) is 13.1 Å². The van der Waals surface area contributed by atoms with Gasteiger partial charge in [-0.1, -0.05) is 30.3 Å². The van der Waals surface area contributed by atoms with Crippen LogP contribution in [0.5, 0.6) is 0 Å². The van der Waals surface area contributed by atoms with Crippen LogP contribution in [0.15, 0.2) is 59.5 Å². The fraction of sp³-hybridized carbons (Fsp3) is 0.316. The van der Waals surface area contributed by atoms with Crippen molar-refractivity contribution < 1.29 is 9.00 Å². The Hall–Kier alpha value is -2.14. The van der Waals surface area contributed by atoms with Crippen molar-refractivity contribution in [1.82, 2.24) is 4.90 Å². The first-order valence-electron chi connectivity index (χ1n) is 8.01. The highest BCUT2D eigenvalue weighted by molar-refractivity contribution is 7.84. The maximum absolute atomic E-state index is 12.4. The number of rotatable bonds is 5. The zero-order valence-corrected chi connectivity index (χ0v) is 14.8. The Labute approximate surface area is 145 Å². The summed E-state index contributed by atoms with van der Waals surface area (Å²) >= 11 is 0. The first-order chi connectivity index (χ1) is 11.5. The zero-order chi connectivity index (χ0) is 17.2. The van der Waals surface area contributed by atoms with Gasteiger partial charge < -0.3 is 10.2 Å². The normalized spacial score (nSPS) is 16.2. The third kappa shape index (κ3) is 3.67. The lowest BCUT2D eigenvalue weighted by atomic mass is 9.95. The van der Waals surface area contributed by atoms with Crippen molar-refractivity contribution in [1.29, 1.82) is 0 Å². The zero-order valence-electron chi connectivity index (χ0n) is 14.0. The molecule has 1 unspecified atom stereocenters. The number of anilines is 1. The van der Waals surface area contributed by atoms with Gasteiger partial charge >= 0.3 is 6.03 Å². The van der Waals surface area contributed by atoms with E-state index >= 15 is 0 Å². The lowest BCUT2D eigenvalue weighted by Crippen LogP contribution is -2.37. The van der Waals surface area contributed by atoms with Gasteiger partial charge in [0.15, 0.2) is 0 Å². The van der Waals surface area contributed by atoms with Gasteiger partial charge in [0.2, 0.25) is 0 Å². The largest absolute Gasteiger partial charge is 0.327 e. The molecule has 126 valence electrons. The molecule has 2 aromatic rings. The molecular weight excluding hydrogens is 320 g/mol. The molecule has 1 fully saturated rings. The van der Waals surface area contributed by atoms with Gasteiger partial charge in [0, 0.05) is 46.6 Å². The lowest BCUT2D eigenvalue weighted by Gasteiger charge is -2.24. The number of amides is 2. The molecule has 0 radical (unpaired) electrons. The molecule has 1 aliphatic carbocycles. The summed E-state index contributed by atoms with van der Waals surface area (Å²) in [6.45, 7) is 0.708. The lowest BCUT2D eigenvalue weighted by molar-refractivity contribution is 0.218. The van der Waals surface area contributed by atoms with E-state index in [1.54, 1.807) is 35.4 Å². The second-order valence-corrected chi connectivity index (χ2v) is 7.79. The van der Waals surface area contributed by atoms with Gasteiger partial charge in [0.05, 0.1) is 0 Å². The van der Waals surface area contributed by atoms with Crippen LogP contribution in [-0.2, 0) is 16.2 Å². The Balaban J connectivity index is 1.62. The van der Waals surface area contributed by atoms with Crippen molar-refractivity contribution in [2.24, 2.45) is 0 Å². The number of nitrogens with zero attached hydrogens (tertiary/aromatic N) is 1. The molecule has 0 bridgehead atoms. The van der Waals surface area contributed by atoms with Crippen molar-refractivity contribution in [2.45, 2.75) is 23.2 Å². The molecular formula is C19H22N2O2S. The van der Waals surface area contributed by atoms with Crippen LogP contribution in [-0.4, -0.2) is 35.0 Å². The molecule has 2 amide bonds. The minimum atomic E-state index is -1.01. The van der Waals surface area contributed by atoms with Crippen molar-refractivity contribution in [3.8, 4) is 0 Å². The molecule has 3 rings (SSSR count). The number of hydrogen-bond acceptors (Lipinski definition) is 2. The molecule has 0 heterocycles. The Morgan fingerprint density at radius 3 is 2.29 bits per heavy atom. The fourth-order valence-corrected chi connectivity index (χ4v) is 3.47. The van der Waals surface area contributed by atoms with Crippen molar-refractivity contribution in [3.63, 3.8) is 0 Å². The Bertz CT molecular complexity index is 740. The van der Waals surface area contributed by atoms with Crippen molar-refractivity contribution in [2.75, 3.05) is 25.2 Å². The summed E-state index contributed by atoms with van der Waals surface area (Å²) in [6.07, 6.45) is 3.87. The van der Waals surface area contributed by atoms with Crippen LogP contribution in [0.1, 0.15) is 18.4 Å². The fourth-order valence-electron chi connectivity index (χ4n) is 2.96. The molecule has 2 aromatic carbocycles. The SMILES string of the molecule is CN(CC1(c2ccccc2)CC1)C(=O)Nc1ccc(S(C)=O)cc1. The number of urea groups is 1. The van der Waals surface area contributed by atoms with Crippen LogP contribution in [0.3, 0.4) is 0 Å². The first-order valence-corrected chi connectivity index (χ1v) is 9.57. The number of benzene rings is 2. The predicted molar refractivity (Wildman–Crippen MR) is 97.8 cm³/mol. The standard InChI is InChI=1S/C19H22N2O2S/c1-21(14-19(12-13-19)15-6-4-3-5-7-15)18(22)20-16-8-10-17(11-9-16)24(2)23/h3-11H,12-14H2,1-2H3,(H,20,22). The second kappa shape index (κ2) is 6.77. The van der Waals surface area contributed by atoms with E-state index in [-0.39, 0.29) is 11.4 Å². The van der Waals surface area contributed by atoms with Crippen LogP contribution >= 0.6 is 0 Å². The first kappa shape index (κ1) is 16.7. The van der Waals surface area contributed by atoms with E-state index < -0.39 is 10.8 Å². The molecule has 24 heavy (non-hydrogen) atoms. The second-order valence-electron chi connectivity index (χ2n) is 6.41. The molecule has 4 nitrogen and oxygen atoms in total. The van der Waals surface area contributed by atoms with Crippen LogP contribution in [0.2, 0.25) is 0 Å². The molecule has 1 atom stereocenters. The maximum atomic E-state index is 12.4. The average molecular weight is 342 g/mol. The van der Waals surface area contributed by atoms with Gasteiger partial charge in [0.25, 0.3) is 0 Å². The molecule has 1 saturated carbocycles. The van der Waals surface area contributed by atoms with E-state index in [0.717, 1.165) is 17.7 Å². The molecule has 1 aliphatic rings. The van der Waals surface area contributed by atoms with Crippen LogP contribution in [0.4, 0.5) is 10.5 Å². The molecule has 0 aliphatic heterocycles. The van der Waals surface area contributed by atoms with Crippen molar-refractivity contribution in [3.05, 3.63) is 60.2 Å². The smallest absolute Gasteiger partial charge is 0.321 e. The highest BCUT2D eigenvalue weighted by Gasteiger charge is 2.45. The minimum absolute atomic E-state index is 0.107. The Morgan fingerprint density at radius 1 is 1.12 bits per heavy atom. The van der Waals surface area contributed by atoms with Gasteiger partial charge in [-0.15, -0.1) is 0 Å².